The van der Waals surface area contributed by atoms with Crippen molar-refractivity contribution in [2.24, 2.45) is 0 Å². The van der Waals surface area contributed by atoms with Crippen LogP contribution in [-0.2, 0) is 13.1 Å². The molecule has 2 rings (SSSR count). The minimum Gasteiger partial charge on any atom is -0.310 e. The Morgan fingerprint density at radius 1 is 1.26 bits per heavy atom. The Morgan fingerprint density at radius 2 is 1.95 bits per heavy atom. The maximum atomic E-state index is 12.9. The molecule has 0 amide bonds. The van der Waals surface area contributed by atoms with E-state index in [1.165, 1.54) is 17.7 Å². The fourth-order valence-corrected chi connectivity index (χ4v) is 1.89. The number of rotatable bonds is 5. The minimum absolute atomic E-state index is 0.206. The predicted molar refractivity (Wildman–Crippen MR) is 74.4 cm³/mol. The lowest BCUT2D eigenvalue weighted by Crippen LogP contribution is -2.22. The number of nitrogens with zero attached hydrogens (tertiary/aromatic N) is 2. The summed E-state index contributed by atoms with van der Waals surface area (Å²) in [4.78, 5) is 0. The van der Waals surface area contributed by atoms with Crippen LogP contribution >= 0.6 is 0 Å². The van der Waals surface area contributed by atoms with Crippen LogP contribution in [0, 0.1) is 12.7 Å². The summed E-state index contributed by atoms with van der Waals surface area (Å²) < 4.78 is 14.8. The normalized spacial score (nSPS) is 11.2. The lowest BCUT2D eigenvalue weighted by atomic mass is 10.2. The van der Waals surface area contributed by atoms with E-state index in [4.69, 9.17) is 0 Å². The average molecular weight is 261 g/mol. The van der Waals surface area contributed by atoms with E-state index in [1.807, 2.05) is 10.9 Å². The van der Waals surface area contributed by atoms with Crippen molar-refractivity contribution < 1.29 is 4.39 Å². The molecule has 3 nitrogen and oxygen atoms in total. The first kappa shape index (κ1) is 13.7. The highest BCUT2D eigenvalue weighted by molar-refractivity contribution is 5.20. The molecule has 0 aliphatic rings. The molecule has 1 heterocycles. The molecular weight excluding hydrogens is 241 g/mol. The van der Waals surface area contributed by atoms with Gasteiger partial charge in [-0.2, -0.15) is 5.10 Å². The minimum atomic E-state index is -0.206. The van der Waals surface area contributed by atoms with Gasteiger partial charge < -0.3 is 5.32 Å². The number of hydrogen-bond donors (Lipinski definition) is 1. The summed E-state index contributed by atoms with van der Waals surface area (Å²) in [5, 5.41) is 7.78. The summed E-state index contributed by atoms with van der Waals surface area (Å²) in [6.07, 6.45) is 1.90. The van der Waals surface area contributed by atoms with Gasteiger partial charge in [0.15, 0.2) is 0 Å². The maximum Gasteiger partial charge on any atom is 0.123 e. The molecule has 0 unspecified atom stereocenters. The summed E-state index contributed by atoms with van der Waals surface area (Å²) >= 11 is 0. The Bertz CT molecular complexity index is 529. The Kier molecular flexibility index (Phi) is 4.32. The predicted octanol–water partition coefficient (Wildman–Crippen LogP) is 2.88. The van der Waals surface area contributed by atoms with Crippen LogP contribution in [0.2, 0.25) is 0 Å². The molecule has 4 heteroatoms. The standard InChI is InChI=1S/C15H20FN3/c1-11(2)17-8-14-9-18-19(12(14)3)10-13-4-6-15(16)7-5-13/h4-7,9,11,17H,8,10H2,1-3H3. The van der Waals surface area contributed by atoms with E-state index >= 15 is 0 Å². The number of benzene rings is 1. The van der Waals surface area contributed by atoms with Crippen LogP contribution in [0.5, 0.6) is 0 Å². The van der Waals surface area contributed by atoms with Crippen molar-refractivity contribution >= 4 is 0 Å². The first-order valence-corrected chi connectivity index (χ1v) is 6.55. The smallest absolute Gasteiger partial charge is 0.123 e. The zero-order valence-corrected chi connectivity index (χ0v) is 11.7. The molecule has 0 radical (unpaired) electrons. The molecule has 0 atom stereocenters. The second-order valence-corrected chi connectivity index (χ2v) is 5.07. The highest BCUT2D eigenvalue weighted by atomic mass is 19.1. The molecule has 102 valence electrons. The number of nitrogens with one attached hydrogen (secondary N) is 1. The van der Waals surface area contributed by atoms with Gasteiger partial charge in [-0.05, 0) is 24.6 Å². The molecule has 2 aromatic rings. The maximum absolute atomic E-state index is 12.9. The number of hydrogen-bond acceptors (Lipinski definition) is 2. The SMILES string of the molecule is Cc1c(CNC(C)C)cnn1Cc1ccc(F)cc1. The summed E-state index contributed by atoms with van der Waals surface area (Å²) in [6, 6.07) is 7.01. The van der Waals surface area contributed by atoms with Gasteiger partial charge in [0.05, 0.1) is 12.7 Å². The summed E-state index contributed by atoms with van der Waals surface area (Å²) in [6.45, 7) is 7.81. The largest absolute Gasteiger partial charge is 0.310 e. The van der Waals surface area contributed by atoms with Crippen LogP contribution < -0.4 is 5.32 Å². The molecule has 0 aliphatic heterocycles. The summed E-state index contributed by atoms with van der Waals surface area (Å²) in [7, 11) is 0. The average Bonchev–Trinajstić information content (AvgIpc) is 2.71. The Labute approximate surface area is 113 Å². The third-order valence-corrected chi connectivity index (χ3v) is 3.15. The number of aromatic nitrogens is 2. The van der Waals surface area contributed by atoms with Crippen LogP contribution in [0.25, 0.3) is 0 Å². The summed E-state index contributed by atoms with van der Waals surface area (Å²) in [5.41, 5.74) is 3.41. The lowest BCUT2D eigenvalue weighted by Gasteiger charge is -2.08. The van der Waals surface area contributed by atoms with Gasteiger partial charge in [0, 0.05) is 23.8 Å². The van der Waals surface area contributed by atoms with Crippen molar-refractivity contribution in [2.75, 3.05) is 0 Å². The molecule has 0 saturated carbocycles. The molecule has 1 aromatic carbocycles. The van der Waals surface area contributed by atoms with Gasteiger partial charge in [0.25, 0.3) is 0 Å². The van der Waals surface area contributed by atoms with Gasteiger partial charge in [-0.3, -0.25) is 4.68 Å². The van der Waals surface area contributed by atoms with Crippen molar-refractivity contribution in [1.29, 1.82) is 0 Å². The van der Waals surface area contributed by atoms with Gasteiger partial charge in [-0.25, -0.2) is 4.39 Å². The van der Waals surface area contributed by atoms with Crippen LogP contribution in [0.4, 0.5) is 4.39 Å². The first-order valence-electron chi connectivity index (χ1n) is 6.55. The highest BCUT2D eigenvalue weighted by Crippen LogP contribution is 2.11. The Hall–Kier alpha value is -1.68. The van der Waals surface area contributed by atoms with Crippen molar-refractivity contribution in [3.63, 3.8) is 0 Å². The second-order valence-electron chi connectivity index (χ2n) is 5.07. The lowest BCUT2D eigenvalue weighted by molar-refractivity contribution is 0.585. The van der Waals surface area contributed by atoms with Crippen molar-refractivity contribution in [3.05, 3.63) is 53.1 Å². The van der Waals surface area contributed by atoms with Gasteiger partial charge >= 0.3 is 0 Å². The van der Waals surface area contributed by atoms with Gasteiger partial charge in [-0.1, -0.05) is 26.0 Å². The Morgan fingerprint density at radius 3 is 2.58 bits per heavy atom. The molecule has 1 aromatic heterocycles. The van der Waals surface area contributed by atoms with Crippen LogP contribution in [-0.4, -0.2) is 15.8 Å². The van der Waals surface area contributed by atoms with E-state index in [0.29, 0.717) is 12.6 Å². The molecule has 0 fully saturated rings. The van der Waals surface area contributed by atoms with E-state index < -0.39 is 0 Å². The van der Waals surface area contributed by atoms with Crippen LogP contribution in [0.15, 0.2) is 30.5 Å². The van der Waals surface area contributed by atoms with Crippen LogP contribution in [0.3, 0.4) is 0 Å². The van der Waals surface area contributed by atoms with E-state index in [0.717, 1.165) is 17.8 Å². The molecule has 0 spiro atoms. The molecular formula is C15H20FN3. The monoisotopic (exact) mass is 261 g/mol. The van der Waals surface area contributed by atoms with Gasteiger partial charge in [-0.15, -0.1) is 0 Å². The quantitative estimate of drug-likeness (QED) is 0.897. The zero-order chi connectivity index (χ0) is 13.8. The fourth-order valence-electron chi connectivity index (χ4n) is 1.89. The molecule has 0 aliphatic carbocycles. The third kappa shape index (κ3) is 3.64. The van der Waals surface area contributed by atoms with Crippen molar-refractivity contribution in [3.8, 4) is 0 Å². The molecule has 19 heavy (non-hydrogen) atoms. The van der Waals surface area contributed by atoms with Crippen molar-refractivity contribution in [2.45, 2.75) is 39.9 Å². The summed E-state index contributed by atoms with van der Waals surface area (Å²) in [5.74, 6) is -0.206. The van der Waals surface area contributed by atoms with E-state index in [2.05, 4.69) is 31.2 Å². The van der Waals surface area contributed by atoms with Crippen molar-refractivity contribution in [1.82, 2.24) is 15.1 Å². The van der Waals surface area contributed by atoms with Gasteiger partial charge in [0.1, 0.15) is 5.82 Å². The van der Waals surface area contributed by atoms with Crippen LogP contribution in [0.1, 0.15) is 30.7 Å². The van der Waals surface area contributed by atoms with E-state index in [9.17, 15) is 4.39 Å². The first-order chi connectivity index (χ1) is 9.06. The van der Waals surface area contributed by atoms with E-state index in [1.54, 1.807) is 12.1 Å². The third-order valence-electron chi connectivity index (χ3n) is 3.15. The second kappa shape index (κ2) is 5.97. The molecule has 0 bridgehead atoms. The highest BCUT2D eigenvalue weighted by Gasteiger charge is 2.07. The Balaban J connectivity index is 2.07. The number of halogens is 1. The molecule has 0 saturated heterocycles. The topological polar surface area (TPSA) is 29.9 Å². The zero-order valence-electron chi connectivity index (χ0n) is 11.7. The van der Waals surface area contributed by atoms with E-state index in [-0.39, 0.29) is 5.82 Å². The fraction of sp³-hybridized carbons (Fsp3) is 0.400. The molecule has 1 N–H and O–H groups in total. The van der Waals surface area contributed by atoms with Gasteiger partial charge in [0.2, 0.25) is 0 Å².